The van der Waals surface area contributed by atoms with E-state index in [1.165, 1.54) is 4.31 Å². The average molecular weight is 539 g/mol. The summed E-state index contributed by atoms with van der Waals surface area (Å²) in [5.41, 5.74) is 2.59. The lowest BCUT2D eigenvalue weighted by Gasteiger charge is -2.36. The van der Waals surface area contributed by atoms with E-state index in [-0.39, 0.29) is 6.54 Å². The highest BCUT2D eigenvalue weighted by Gasteiger charge is 2.38. The number of ether oxygens (including phenoxy) is 1. The average Bonchev–Trinajstić information content (AvgIpc) is 2.87. The molecule has 0 saturated carbocycles. The minimum atomic E-state index is -5.08. The topological polar surface area (TPSA) is 112 Å². The molecule has 13 heteroatoms. The number of carboxylic acid groups (broad SMARTS) is 1. The van der Waals surface area contributed by atoms with Crippen molar-refractivity contribution in [2.45, 2.75) is 18.0 Å². The van der Waals surface area contributed by atoms with Crippen LogP contribution in [0.15, 0.2) is 53.7 Å². The molecule has 0 atom stereocenters. The first kappa shape index (κ1) is 26.5. The summed E-state index contributed by atoms with van der Waals surface area (Å²) in [6.45, 7) is 6.12. The van der Waals surface area contributed by atoms with Gasteiger partial charge in [-0.25, -0.2) is 13.2 Å². The molecule has 2 aliphatic heterocycles. The molecule has 0 radical (unpaired) electrons. The molecule has 1 fully saturated rings. The van der Waals surface area contributed by atoms with E-state index in [0.29, 0.717) is 28.3 Å². The fraction of sp³-hybridized carbons (Fsp3) is 0.333. The highest BCUT2D eigenvalue weighted by Crippen LogP contribution is 2.44. The number of anilines is 2. The number of alkyl halides is 3. The summed E-state index contributed by atoms with van der Waals surface area (Å²) < 4.78 is 66.8. The van der Waals surface area contributed by atoms with Crippen LogP contribution in [-0.4, -0.2) is 70.0 Å². The molecule has 5 rings (SSSR count). The lowest BCUT2D eigenvalue weighted by molar-refractivity contribution is -0.192. The molecule has 3 heterocycles. The Kier molecular flexibility index (Phi) is 7.46. The Labute approximate surface area is 211 Å². The number of nitrogens with zero attached hydrogens (tertiary/aromatic N) is 3. The first-order valence-corrected chi connectivity index (χ1v) is 12.8. The van der Waals surface area contributed by atoms with E-state index in [1.807, 2.05) is 19.1 Å². The smallest absolute Gasteiger partial charge is 0.487 e. The van der Waals surface area contributed by atoms with Crippen LogP contribution in [-0.2, 0) is 14.8 Å². The maximum atomic E-state index is 13.8. The number of aliphatic carboxylic acids is 1. The molecule has 3 aromatic rings. The molecule has 1 saturated heterocycles. The number of hydrogen-bond donors (Lipinski definition) is 2. The van der Waals surface area contributed by atoms with Gasteiger partial charge in [0.1, 0.15) is 6.61 Å². The lowest BCUT2D eigenvalue weighted by atomic mass is 10.1. The van der Waals surface area contributed by atoms with Crippen LogP contribution in [0.2, 0.25) is 0 Å². The monoisotopic (exact) mass is 538 g/mol. The second-order valence-electron chi connectivity index (χ2n) is 8.45. The first-order valence-electron chi connectivity index (χ1n) is 11.4. The quantitative estimate of drug-likeness (QED) is 0.523. The van der Waals surface area contributed by atoms with E-state index in [1.54, 1.807) is 30.6 Å². The van der Waals surface area contributed by atoms with Crippen molar-refractivity contribution in [2.75, 3.05) is 48.5 Å². The number of carboxylic acids is 1. The SMILES string of the molecule is Cc1cc(N2CCNCC2)c2c(c1)N(S(=O)(=O)c1cccc3cnccc13)CCO2.O=C(O)C(F)(F)F. The Morgan fingerprint density at radius 2 is 1.78 bits per heavy atom. The van der Waals surface area contributed by atoms with Crippen molar-refractivity contribution >= 4 is 38.1 Å². The molecule has 0 aliphatic carbocycles. The van der Waals surface area contributed by atoms with Crippen LogP contribution < -0.4 is 19.3 Å². The highest BCUT2D eigenvalue weighted by atomic mass is 32.2. The summed E-state index contributed by atoms with van der Waals surface area (Å²) in [6.07, 6.45) is -1.77. The molecule has 1 aromatic heterocycles. The summed E-state index contributed by atoms with van der Waals surface area (Å²) >= 11 is 0. The molecule has 2 N–H and O–H groups in total. The number of carbonyl (C=O) groups is 1. The van der Waals surface area contributed by atoms with Gasteiger partial charge in [-0.3, -0.25) is 9.29 Å². The van der Waals surface area contributed by atoms with Crippen molar-refractivity contribution in [3.05, 3.63) is 54.4 Å². The van der Waals surface area contributed by atoms with E-state index < -0.39 is 22.2 Å². The highest BCUT2D eigenvalue weighted by molar-refractivity contribution is 7.93. The molecule has 0 amide bonds. The van der Waals surface area contributed by atoms with Crippen molar-refractivity contribution in [3.8, 4) is 5.75 Å². The van der Waals surface area contributed by atoms with Gasteiger partial charge in [0.15, 0.2) is 5.75 Å². The third kappa shape index (κ3) is 5.57. The number of nitrogens with one attached hydrogen (secondary N) is 1. The van der Waals surface area contributed by atoms with Gasteiger partial charge in [0, 0.05) is 49.3 Å². The Morgan fingerprint density at radius 3 is 2.46 bits per heavy atom. The maximum absolute atomic E-state index is 13.8. The molecule has 0 spiro atoms. The Bertz CT molecular complexity index is 1400. The zero-order valence-corrected chi connectivity index (χ0v) is 20.6. The number of piperazine rings is 1. The van der Waals surface area contributed by atoms with Crippen LogP contribution in [0.3, 0.4) is 0 Å². The molecular formula is C24H25F3N4O5S. The molecular weight excluding hydrogens is 513 g/mol. The number of pyridine rings is 1. The number of aryl methyl sites for hydroxylation is 1. The van der Waals surface area contributed by atoms with Gasteiger partial charge in [0.2, 0.25) is 0 Å². The number of sulfonamides is 1. The lowest BCUT2D eigenvalue weighted by Crippen LogP contribution is -2.44. The standard InChI is InChI=1S/C22H24N4O3S.C2HF3O2/c1-16-13-19(25-9-7-23-8-10-25)22-20(14-16)26(11-12-29-22)30(27,28)21-4-2-3-17-15-24-6-5-18(17)21;3-2(4,5)1(6)7/h2-6,13-15,23H,7-12H2,1H3;(H,6,7). The molecule has 37 heavy (non-hydrogen) atoms. The van der Waals surface area contributed by atoms with E-state index in [9.17, 15) is 21.6 Å². The predicted octanol–water partition coefficient (Wildman–Crippen LogP) is 3.17. The van der Waals surface area contributed by atoms with Crippen LogP contribution in [0.25, 0.3) is 10.8 Å². The predicted molar refractivity (Wildman–Crippen MR) is 132 cm³/mol. The molecule has 0 bridgehead atoms. The van der Waals surface area contributed by atoms with Gasteiger partial charge in [-0.1, -0.05) is 12.1 Å². The summed E-state index contributed by atoms with van der Waals surface area (Å²) in [6, 6.07) is 11.1. The normalized spacial score (nSPS) is 15.9. The number of benzene rings is 2. The van der Waals surface area contributed by atoms with Crippen molar-refractivity contribution < 1.29 is 36.2 Å². The third-order valence-electron chi connectivity index (χ3n) is 5.91. The van der Waals surface area contributed by atoms with Crippen LogP contribution >= 0.6 is 0 Å². The van der Waals surface area contributed by atoms with E-state index in [0.717, 1.165) is 42.8 Å². The Morgan fingerprint density at radius 1 is 1.11 bits per heavy atom. The van der Waals surface area contributed by atoms with Gasteiger partial charge in [-0.2, -0.15) is 13.2 Å². The van der Waals surface area contributed by atoms with Gasteiger partial charge >= 0.3 is 12.1 Å². The fourth-order valence-electron chi connectivity index (χ4n) is 4.25. The summed E-state index contributed by atoms with van der Waals surface area (Å²) in [4.78, 5) is 15.6. The fourth-order valence-corrected chi connectivity index (χ4v) is 5.91. The first-order chi connectivity index (χ1) is 17.5. The third-order valence-corrected chi connectivity index (χ3v) is 7.78. The molecule has 9 nitrogen and oxygen atoms in total. The Hall–Kier alpha value is -3.58. The number of halogens is 3. The molecule has 2 aromatic carbocycles. The number of fused-ring (bicyclic) bond motifs is 2. The summed E-state index contributed by atoms with van der Waals surface area (Å²) in [7, 11) is -3.77. The summed E-state index contributed by atoms with van der Waals surface area (Å²) in [5.74, 6) is -2.10. The second-order valence-corrected chi connectivity index (χ2v) is 10.3. The van der Waals surface area contributed by atoms with Gasteiger partial charge in [0.25, 0.3) is 10.0 Å². The van der Waals surface area contributed by atoms with Gasteiger partial charge in [-0.05, 0) is 36.8 Å². The van der Waals surface area contributed by atoms with Crippen molar-refractivity contribution in [2.24, 2.45) is 0 Å². The largest absolute Gasteiger partial charge is 0.490 e. The summed E-state index contributed by atoms with van der Waals surface area (Å²) in [5, 5.41) is 12.0. The van der Waals surface area contributed by atoms with Gasteiger partial charge < -0.3 is 20.1 Å². The van der Waals surface area contributed by atoms with E-state index >= 15 is 0 Å². The van der Waals surface area contributed by atoms with Crippen LogP contribution in [0.5, 0.6) is 5.75 Å². The van der Waals surface area contributed by atoms with Crippen LogP contribution in [0, 0.1) is 6.92 Å². The minimum Gasteiger partial charge on any atom is -0.487 e. The van der Waals surface area contributed by atoms with Gasteiger partial charge in [0.05, 0.1) is 22.8 Å². The van der Waals surface area contributed by atoms with Gasteiger partial charge in [-0.15, -0.1) is 0 Å². The maximum Gasteiger partial charge on any atom is 0.490 e. The number of aromatic nitrogens is 1. The van der Waals surface area contributed by atoms with E-state index in [2.05, 4.69) is 21.3 Å². The zero-order chi connectivity index (χ0) is 26.8. The van der Waals surface area contributed by atoms with Crippen LogP contribution in [0.1, 0.15) is 5.56 Å². The number of rotatable bonds is 3. The van der Waals surface area contributed by atoms with Crippen molar-refractivity contribution in [3.63, 3.8) is 0 Å². The number of hydrogen-bond acceptors (Lipinski definition) is 7. The minimum absolute atomic E-state index is 0.279. The Balaban J connectivity index is 0.000000405. The van der Waals surface area contributed by atoms with E-state index in [4.69, 9.17) is 14.6 Å². The zero-order valence-electron chi connectivity index (χ0n) is 19.8. The second kappa shape index (κ2) is 10.4. The molecule has 2 aliphatic rings. The van der Waals surface area contributed by atoms with Crippen molar-refractivity contribution in [1.82, 2.24) is 10.3 Å². The molecule has 198 valence electrons. The molecule has 0 unspecified atom stereocenters. The van der Waals surface area contributed by atoms with Crippen molar-refractivity contribution in [1.29, 1.82) is 0 Å². The van der Waals surface area contributed by atoms with Crippen LogP contribution in [0.4, 0.5) is 24.5 Å².